The molecule has 0 spiro atoms. The average molecular weight is 686 g/mol. The topological polar surface area (TPSA) is 114 Å². The first-order chi connectivity index (χ1) is 23.7. The summed E-state index contributed by atoms with van der Waals surface area (Å²) >= 11 is 0. The minimum absolute atomic E-state index is 0.00756. The van der Waals surface area contributed by atoms with Crippen LogP contribution in [0.4, 0.5) is 5.69 Å². The molecule has 1 atom stereocenters. The molecule has 0 saturated heterocycles. The SMILES string of the molecule is COc1cccc(CN(C(=O)CN(c2cc(OC)ccc2OC)S(=O)(=O)c2ccccc2)[C@@H](Cc2ccccc2)C(=O)NC2CCCC2)c1. The van der Waals surface area contributed by atoms with Crippen molar-refractivity contribution in [2.45, 2.75) is 55.6 Å². The van der Waals surface area contributed by atoms with Crippen LogP contribution in [0.3, 0.4) is 0 Å². The minimum atomic E-state index is -4.32. The van der Waals surface area contributed by atoms with E-state index in [9.17, 15) is 18.0 Å². The predicted octanol–water partition coefficient (Wildman–Crippen LogP) is 5.61. The van der Waals surface area contributed by atoms with E-state index in [0.29, 0.717) is 11.5 Å². The minimum Gasteiger partial charge on any atom is -0.497 e. The Morgan fingerprint density at radius 1 is 0.776 bits per heavy atom. The van der Waals surface area contributed by atoms with Gasteiger partial charge in [-0.1, -0.05) is 73.5 Å². The smallest absolute Gasteiger partial charge is 0.264 e. The highest BCUT2D eigenvalue weighted by atomic mass is 32.2. The number of hydrogen-bond donors (Lipinski definition) is 1. The van der Waals surface area contributed by atoms with E-state index in [2.05, 4.69) is 5.32 Å². The lowest BCUT2D eigenvalue weighted by Crippen LogP contribution is -2.54. The zero-order valence-corrected chi connectivity index (χ0v) is 28.9. The second kappa shape index (κ2) is 16.4. The number of hydrogen-bond acceptors (Lipinski definition) is 7. The molecule has 1 N–H and O–H groups in total. The Labute approximate surface area is 288 Å². The maximum atomic E-state index is 14.8. The number of anilines is 1. The standard InChI is InChI=1S/C38H43N3O7S/c1-46-31-18-12-15-29(23-31)26-40(35(24-28-13-6-4-7-14-28)38(43)39-30-16-10-11-17-30)37(42)27-41(49(44,45)33-19-8-5-9-20-33)34-25-32(47-2)21-22-36(34)48-3/h4-9,12-15,18-23,25,30,35H,10-11,16-17,24,26-27H2,1-3H3,(H,39,43)/t35-/m0/s1. The third-order valence-electron chi connectivity index (χ3n) is 8.72. The van der Waals surface area contributed by atoms with Gasteiger partial charge in [-0.25, -0.2) is 8.42 Å². The highest BCUT2D eigenvalue weighted by Crippen LogP contribution is 2.36. The second-order valence-corrected chi connectivity index (χ2v) is 13.8. The number of carbonyl (C=O) groups is 2. The molecule has 0 unspecified atom stereocenters. The van der Waals surface area contributed by atoms with Gasteiger partial charge in [-0.15, -0.1) is 0 Å². The Balaban J connectivity index is 1.62. The molecule has 0 aromatic heterocycles. The van der Waals surface area contributed by atoms with Crippen molar-refractivity contribution >= 4 is 27.5 Å². The van der Waals surface area contributed by atoms with E-state index in [1.54, 1.807) is 49.6 Å². The summed E-state index contributed by atoms with van der Waals surface area (Å²) in [5, 5.41) is 3.19. The fraction of sp³-hybridized carbons (Fsp3) is 0.316. The molecule has 49 heavy (non-hydrogen) atoms. The summed E-state index contributed by atoms with van der Waals surface area (Å²) in [4.78, 5) is 30.5. The third-order valence-corrected chi connectivity index (χ3v) is 10.5. The Hall–Kier alpha value is -5.03. The third kappa shape index (κ3) is 8.72. The van der Waals surface area contributed by atoms with Crippen LogP contribution < -0.4 is 23.8 Å². The van der Waals surface area contributed by atoms with Gasteiger partial charge in [0.25, 0.3) is 10.0 Å². The Kier molecular flexibility index (Phi) is 11.8. The summed E-state index contributed by atoms with van der Waals surface area (Å²) in [7, 11) is 0.142. The van der Waals surface area contributed by atoms with Crippen LogP contribution >= 0.6 is 0 Å². The Morgan fingerprint density at radius 3 is 2.06 bits per heavy atom. The number of rotatable bonds is 15. The molecule has 0 heterocycles. The Bertz CT molecular complexity index is 1810. The van der Waals surface area contributed by atoms with Gasteiger partial charge < -0.3 is 24.4 Å². The van der Waals surface area contributed by atoms with E-state index >= 15 is 0 Å². The van der Waals surface area contributed by atoms with Crippen LogP contribution in [0.5, 0.6) is 17.2 Å². The highest BCUT2D eigenvalue weighted by molar-refractivity contribution is 7.92. The molecule has 4 aromatic rings. The van der Waals surface area contributed by atoms with Gasteiger partial charge in [0, 0.05) is 25.1 Å². The molecule has 4 aromatic carbocycles. The molecule has 1 aliphatic rings. The maximum absolute atomic E-state index is 14.8. The molecule has 1 aliphatic carbocycles. The zero-order valence-electron chi connectivity index (χ0n) is 28.1. The first-order valence-electron chi connectivity index (χ1n) is 16.3. The van der Waals surface area contributed by atoms with Crippen LogP contribution in [0, 0.1) is 0 Å². The normalized spacial score (nSPS) is 13.7. The number of nitrogens with zero attached hydrogens (tertiary/aromatic N) is 2. The molecule has 11 heteroatoms. The van der Waals surface area contributed by atoms with Crippen molar-refractivity contribution in [3.63, 3.8) is 0 Å². The van der Waals surface area contributed by atoms with Crippen molar-refractivity contribution in [2.24, 2.45) is 0 Å². The van der Waals surface area contributed by atoms with Gasteiger partial charge >= 0.3 is 0 Å². The molecule has 0 aliphatic heterocycles. The molecule has 0 radical (unpaired) electrons. The fourth-order valence-electron chi connectivity index (χ4n) is 6.11. The number of ether oxygens (including phenoxy) is 3. The molecule has 1 fully saturated rings. The highest BCUT2D eigenvalue weighted by Gasteiger charge is 2.36. The number of sulfonamides is 1. The summed E-state index contributed by atoms with van der Waals surface area (Å²) in [6.07, 6.45) is 4.01. The monoisotopic (exact) mass is 685 g/mol. The lowest BCUT2D eigenvalue weighted by atomic mass is 10.0. The van der Waals surface area contributed by atoms with Gasteiger partial charge in [0.15, 0.2) is 0 Å². The van der Waals surface area contributed by atoms with Crippen molar-refractivity contribution in [1.29, 1.82) is 0 Å². The van der Waals surface area contributed by atoms with Crippen molar-refractivity contribution in [2.75, 3.05) is 32.2 Å². The van der Waals surface area contributed by atoms with Gasteiger partial charge in [-0.05, 0) is 60.4 Å². The predicted molar refractivity (Wildman–Crippen MR) is 188 cm³/mol. The van der Waals surface area contributed by atoms with Gasteiger partial charge in [-0.2, -0.15) is 0 Å². The molecule has 2 amide bonds. The van der Waals surface area contributed by atoms with Gasteiger partial charge in [-0.3, -0.25) is 13.9 Å². The average Bonchev–Trinajstić information content (AvgIpc) is 3.65. The number of amides is 2. The zero-order chi connectivity index (χ0) is 34.8. The molecule has 5 rings (SSSR count). The second-order valence-electron chi connectivity index (χ2n) is 11.9. The van der Waals surface area contributed by atoms with E-state index in [4.69, 9.17) is 14.2 Å². The number of nitrogens with one attached hydrogen (secondary N) is 1. The van der Waals surface area contributed by atoms with Gasteiger partial charge in [0.1, 0.15) is 29.8 Å². The van der Waals surface area contributed by atoms with Crippen molar-refractivity contribution in [3.05, 3.63) is 114 Å². The molecular weight excluding hydrogens is 642 g/mol. The van der Waals surface area contributed by atoms with Crippen LogP contribution in [0.2, 0.25) is 0 Å². The molecule has 0 bridgehead atoms. The van der Waals surface area contributed by atoms with Crippen molar-refractivity contribution in [3.8, 4) is 17.2 Å². The summed E-state index contributed by atoms with van der Waals surface area (Å²) in [6, 6.07) is 28.5. The summed E-state index contributed by atoms with van der Waals surface area (Å²) < 4.78 is 46.3. The lowest BCUT2D eigenvalue weighted by molar-refractivity contribution is -0.140. The van der Waals surface area contributed by atoms with E-state index < -0.39 is 28.5 Å². The van der Waals surface area contributed by atoms with Gasteiger partial charge in [0.2, 0.25) is 11.8 Å². The molecule has 258 valence electrons. The largest absolute Gasteiger partial charge is 0.497 e. The summed E-state index contributed by atoms with van der Waals surface area (Å²) in [5.41, 5.74) is 1.70. The van der Waals surface area contributed by atoms with E-state index in [1.165, 1.54) is 37.3 Å². The maximum Gasteiger partial charge on any atom is 0.264 e. The lowest BCUT2D eigenvalue weighted by Gasteiger charge is -2.34. The van der Waals surface area contributed by atoms with Crippen LogP contribution in [0.15, 0.2) is 108 Å². The van der Waals surface area contributed by atoms with Crippen LogP contribution in [0.1, 0.15) is 36.8 Å². The first-order valence-corrected chi connectivity index (χ1v) is 17.7. The first kappa shape index (κ1) is 35.3. The van der Waals surface area contributed by atoms with Crippen molar-refractivity contribution < 1.29 is 32.2 Å². The van der Waals surface area contributed by atoms with Gasteiger partial charge in [0.05, 0.1) is 31.9 Å². The molecule has 1 saturated carbocycles. The van der Waals surface area contributed by atoms with E-state index in [1.807, 2.05) is 42.5 Å². The summed E-state index contributed by atoms with van der Waals surface area (Å²) in [5.74, 6) is 0.336. The molecule has 10 nitrogen and oxygen atoms in total. The van der Waals surface area contributed by atoms with E-state index in [-0.39, 0.29) is 41.2 Å². The van der Waals surface area contributed by atoms with Crippen LogP contribution in [0.25, 0.3) is 0 Å². The quantitative estimate of drug-likeness (QED) is 0.173. The van der Waals surface area contributed by atoms with E-state index in [0.717, 1.165) is 41.1 Å². The van der Waals surface area contributed by atoms with Crippen LogP contribution in [-0.4, -0.2) is 65.1 Å². The summed E-state index contributed by atoms with van der Waals surface area (Å²) in [6.45, 7) is -0.590. The van der Waals surface area contributed by atoms with Crippen LogP contribution in [-0.2, 0) is 32.6 Å². The fourth-order valence-corrected chi connectivity index (χ4v) is 7.55. The number of carbonyl (C=O) groups excluding carboxylic acids is 2. The Morgan fingerprint density at radius 2 is 1.41 bits per heavy atom. The number of benzene rings is 4. The molecular formula is C38H43N3O7S. The van der Waals surface area contributed by atoms with Crippen molar-refractivity contribution in [1.82, 2.24) is 10.2 Å². The number of methoxy groups -OCH3 is 3.